The number of aromatic nitrogens is 2. The predicted molar refractivity (Wildman–Crippen MR) is 85.5 cm³/mol. The Labute approximate surface area is 129 Å². The molecule has 1 aromatic carbocycles. The van der Waals surface area contributed by atoms with Gasteiger partial charge in [0.25, 0.3) is 0 Å². The molecule has 1 aliphatic heterocycles. The van der Waals surface area contributed by atoms with E-state index in [4.69, 9.17) is 5.73 Å². The number of hydrogen-bond acceptors (Lipinski definition) is 4. The lowest BCUT2D eigenvalue weighted by molar-refractivity contribution is -0.117. The van der Waals surface area contributed by atoms with Crippen molar-refractivity contribution in [3.63, 3.8) is 0 Å². The molecule has 0 bridgehead atoms. The fraction of sp³-hybridized carbons (Fsp3) is 0.375. The van der Waals surface area contributed by atoms with Crippen molar-refractivity contribution in [1.29, 1.82) is 0 Å². The van der Waals surface area contributed by atoms with Gasteiger partial charge in [0.2, 0.25) is 5.91 Å². The van der Waals surface area contributed by atoms with Crippen molar-refractivity contribution in [1.82, 2.24) is 15.1 Å². The molecule has 3 rings (SSSR count). The number of carbonyl (C=O) groups is 1. The summed E-state index contributed by atoms with van der Waals surface area (Å²) in [5, 5.41) is 10.5. The van der Waals surface area contributed by atoms with Crippen LogP contribution < -0.4 is 16.4 Å². The third-order valence-corrected chi connectivity index (χ3v) is 3.90. The molecule has 6 nitrogen and oxygen atoms in total. The van der Waals surface area contributed by atoms with Gasteiger partial charge in [-0.2, -0.15) is 5.10 Å². The lowest BCUT2D eigenvalue weighted by atomic mass is 10.1. The van der Waals surface area contributed by atoms with Crippen molar-refractivity contribution in [2.45, 2.75) is 24.9 Å². The van der Waals surface area contributed by atoms with Gasteiger partial charge < -0.3 is 16.4 Å². The summed E-state index contributed by atoms with van der Waals surface area (Å²) in [5.41, 5.74) is 7.02. The summed E-state index contributed by atoms with van der Waals surface area (Å²) in [5.74, 6) is 0.346. The number of nitrogens with zero attached hydrogens (tertiary/aromatic N) is 2. The predicted octanol–water partition coefficient (Wildman–Crippen LogP) is 0.926. The Balaban J connectivity index is 1.57. The van der Waals surface area contributed by atoms with Gasteiger partial charge in [0.05, 0.1) is 12.1 Å². The minimum atomic E-state index is -0.583. The number of nitrogens with one attached hydrogen (secondary N) is 2. The fourth-order valence-electron chi connectivity index (χ4n) is 2.65. The Bertz CT molecular complexity index is 618. The molecular weight excluding hydrogens is 278 g/mol. The van der Waals surface area contributed by atoms with Gasteiger partial charge in [0.1, 0.15) is 0 Å². The zero-order chi connectivity index (χ0) is 15.4. The molecule has 1 aromatic heterocycles. The summed E-state index contributed by atoms with van der Waals surface area (Å²) in [6, 6.07) is 11.4. The summed E-state index contributed by atoms with van der Waals surface area (Å²) >= 11 is 0. The molecule has 0 spiro atoms. The van der Waals surface area contributed by atoms with Crippen LogP contribution in [0.1, 0.15) is 18.0 Å². The van der Waals surface area contributed by atoms with Gasteiger partial charge >= 0.3 is 0 Å². The number of nitrogens with two attached hydrogens (primary N) is 1. The van der Waals surface area contributed by atoms with E-state index in [-0.39, 0.29) is 5.91 Å². The van der Waals surface area contributed by atoms with E-state index in [9.17, 15) is 4.79 Å². The zero-order valence-corrected chi connectivity index (χ0v) is 12.4. The number of hydrogen-bond donors (Lipinski definition) is 3. The second kappa shape index (κ2) is 6.72. The van der Waals surface area contributed by atoms with E-state index in [1.165, 1.54) is 0 Å². The number of rotatable bonds is 5. The Kier molecular flexibility index (Phi) is 4.50. The maximum absolute atomic E-state index is 12.1. The van der Waals surface area contributed by atoms with E-state index < -0.39 is 6.04 Å². The third kappa shape index (κ3) is 3.52. The molecule has 0 saturated carbocycles. The van der Waals surface area contributed by atoms with Crippen LogP contribution in [0.2, 0.25) is 0 Å². The first-order chi connectivity index (χ1) is 10.7. The van der Waals surface area contributed by atoms with E-state index >= 15 is 0 Å². The van der Waals surface area contributed by atoms with E-state index in [2.05, 4.69) is 15.7 Å². The Morgan fingerprint density at radius 2 is 2.23 bits per heavy atom. The number of anilines is 1. The first-order valence-corrected chi connectivity index (χ1v) is 7.58. The van der Waals surface area contributed by atoms with Crippen molar-refractivity contribution >= 4 is 11.7 Å². The van der Waals surface area contributed by atoms with Crippen LogP contribution in [0.5, 0.6) is 0 Å². The molecule has 2 heterocycles. The molecule has 0 aliphatic carbocycles. The van der Waals surface area contributed by atoms with Crippen molar-refractivity contribution in [3.8, 4) is 0 Å². The monoisotopic (exact) mass is 299 g/mol. The van der Waals surface area contributed by atoms with Crippen molar-refractivity contribution in [2.75, 3.05) is 18.4 Å². The largest absolute Gasteiger partial charge is 0.320 e. The molecular formula is C16H21N5O. The molecule has 22 heavy (non-hydrogen) atoms. The van der Waals surface area contributed by atoms with Crippen LogP contribution in [-0.4, -0.2) is 34.8 Å². The van der Waals surface area contributed by atoms with Crippen molar-refractivity contribution in [3.05, 3.63) is 48.2 Å². The van der Waals surface area contributed by atoms with Gasteiger partial charge in [-0.1, -0.05) is 30.3 Å². The second-order valence-corrected chi connectivity index (χ2v) is 5.61. The van der Waals surface area contributed by atoms with Crippen LogP contribution in [0.25, 0.3) is 0 Å². The minimum absolute atomic E-state index is 0.210. The van der Waals surface area contributed by atoms with Gasteiger partial charge in [-0.15, -0.1) is 0 Å². The van der Waals surface area contributed by atoms with Gasteiger partial charge in [-0.05, 0) is 24.9 Å². The topological polar surface area (TPSA) is 85.0 Å². The molecule has 1 fully saturated rings. The van der Waals surface area contributed by atoms with E-state index in [0.29, 0.717) is 18.3 Å². The summed E-state index contributed by atoms with van der Waals surface area (Å²) in [4.78, 5) is 12.1. The van der Waals surface area contributed by atoms with Crippen LogP contribution in [0, 0.1) is 0 Å². The van der Waals surface area contributed by atoms with Crippen LogP contribution in [0.3, 0.4) is 0 Å². The average Bonchev–Trinajstić information content (AvgIpc) is 3.19. The lowest BCUT2D eigenvalue weighted by Gasteiger charge is -2.11. The molecule has 1 aliphatic rings. The summed E-state index contributed by atoms with van der Waals surface area (Å²) in [6.07, 6.45) is 3.47. The summed E-state index contributed by atoms with van der Waals surface area (Å²) in [6.45, 7) is 1.93. The molecule has 0 unspecified atom stereocenters. The number of amides is 1. The van der Waals surface area contributed by atoms with E-state index in [0.717, 1.165) is 25.1 Å². The number of carbonyl (C=O) groups excluding carboxylic acids is 1. The maximum atomic E-state index is 12.1. The third-order valence-electron chi connectivity index (χ3n) is 3.90. The summed E-state index contributed by atoms with van der Waals surface area (Å²) in [7, 11) is 0. The quantitative estimate of drug-likeness (QED) is 0.766. The molecule has 4 N–H and O–H groups in total. The Morgan fingerprint density at radius 3 is 2.95 bits per heavy atom. The van der Waals surface area contributed by atoms with E-state index in [1.54, 1.807) is 0 Å². The minimum Gasteiger partial charge on any atom is -0.320 e. The smallest absolute Gasteiger partial charge is 0.242 e. The highest BCUT2D eigenvalue weighted by molar-refractivity contribution is 5.94. The second-order valence-electron chi connectivity index (χ2n) is 5.61. The van der Waals surface area contributed by atoms with Gasteiger partial charge in [-0.25, -0.2) is 0 Å². The summed E-state index contributed by atoms with van der Waals surface area (Å²) < 4.78 is 1.90. The molecule has 2 atom stereocenters. The van der Waals surface area contributed by atoms with Gasteiger partial charge in [0, 0.05) is 18.8 Å². The standard InChI is InChI=1S/C16H21N5O/c17-14(10-12-4-2-1-3-5-12)16(22)19-15-7-9-21(20-15)13-6-8-18-11-13/h1-5,7,9,13-14,18H,6,8,10-11,17H2,(H,19,20,22)/t13-,14-/m0/s1. The van der Waals surface area contributed by atoms with Crippen molar-refractivity contribution < 1.29 is 4.79 Å². The van der Waals surface area contributed by atoms with Gasteiger partial charge in [-0.3, -0.25) is 9.48 Å². The molecule has 1 saturated heterocycles. The highest BCUT2D eigenvalue weighted by Crippen LogP contribution is 2.16. The Hall–Kier alpha value is -2.18. The molecule has 0 radical (unpaired) electrons. The SMILES string of the molecule is N[C@@H](Cc1ccccc1)C(=O)Nc1ccn([C@H]2CCNC2)n1. The maximum Gasteiger partial charge on any atom is 0.242 e. The van der Waals surface area contributed by atoms with Crippen molar-refractivity contribution in [2.24, 2.45) is 5.73 Å². The fourth-order valence-corrected chi connectivity index (χ4v) is 2.65. The first kappa shape index (κ1) is 14.7. The van der Waals surface area contributed by atoms with Crippen LogP contribution >= 0.6 is 0 Å². The van der Waals surface area contributed by atoms with Gasteiger partial charge in [0.15, 0.2) is 5.82 Å². The van der Waals surface area contributed by atoms with Crippen LogP contribution in [0.4, 0.5) is 5.82 Å². The van der Waals surface area contributed by atoms with E-state index in [1.807, 2.05) is 47.3 Å². The lowest BCUT2D eigenvalue weighted by Crippen LogP contribution is -2.37. The zero-order valence-electron chi connectivity index (χ0n) is 12.4. The first-order valence-electron chi connectivity index (χ1n) is 7.58. The van der Waals surface area contributed by atoms with Crippen LogP contribution in [0.15, 0.2) is 42.6 Å². The molecule has 1 amide bonds. The Morgan fingerprint density at radius 1 is 1.41 bits per heavy atom. The van der Waals surface area contributed by atoms with Crippen LogP contribution in [-0.2, 0) is 11.2 Å². The molecule has 2 aromatic rings. The average molecular weight is 299 g/mol. The molecule has 116 valence electrons. The molecule has 6 heteroatoms. The highest BCUT2D eigenvalue weighted by atomic mass is 16.2. The highest BCUT2D eigenvalue weighted by Gasteiger charge is 2.19. The normalized spacial score (nSPS) is 19.0. The number of benzene rings is 1.